The molecule has 6 heteroatoms. The van der Waals surface area contributed by atoms with Crippen molar-refractivity contribution in [3.8, 4) is 0 Å². The third-order valence-electron chi connectivity index (χ3n) is 3.43. The molecule has 0 radical (unpaired) electrons. The number of aromatic nitrogens is 2. The zero-order valence-corrected chi connectivity index (χ0v) is 14.6. The smallest absolute Gasteiger partial charge is 0.220 e. The molecule has 0 aliphatic rings. The zero-order chi connectivity index (χ0) is 15.3. The van der Waals surface area contributed by atoms with E-state index in [2.05, 4.69) is 35.9 Å². The molecular weight excluding hydrogens is 288 g/mol. The Bertz CT molecular complexity index is 457. The fourth-order valence-electron chi connectivity index (χ4n) is 2.26. The molecule has 3 N–H and O–H groups in total. The molecule has 21 heavy (non-hydrogen) atoms. The van der Waals surface area contributed by atoms with Gasteiger partial charge in [-0.3, -0.25) is 9.48 Å². The van der Waals surface area contributed by atoms with Gasteiger partial charge in [-0.2, -0.15) is 5.10 Å². The summed E-state index contributed by atoms with van der Waals surface area (Å²) in [5.41, 5.74) is 8.90. The highest BCUT2D eigenvalue weighted by molar-refractivity contribution is 5.85. The normalized spacial score (nSPS) is 12.1. The largest absolute Gasteiger partial charge is 0.352 e. The minimum atomic E-state index is 0. The molecule has 0 saturated carbocycles. The van der Waals surface area contributed by atoms with Crippen LogP contribution in [0.4, 0.5) is 0 Å². The second-order valence-corrected chi connectivity index (χ2v) is 5.93. The Morgan fingerprint density at radius 2 is 1.95 bits per heavy atom. The number of amides is 1. The first-order valence-electron chi connectivity index (χ1n) is 7.37. The van der Waals surface area contributed by atoms with E-state index in [-0.39, 0.29) is 24.4 Å². The van der Waals surface area contributed by atoms with Gasteiger partial charge in [-0.15, -0.1) is 12.4 Å². The van der Waals surface area contributed by atoms with E-state index in [4.69, 9.17) is 5.73 Å². The molecule has 1 rings (SSSR count). The minimum absolute atomic E-state index is 0. The number of hydrogen-bond acceptors (Lipinski definition) is 3. The second kappa shape index (κ2) is 9.05. The van der Waals surface area contributed by atoms with Gasteiger partial charge in [0.1, 0.15) is 0 Å². The Hall–Kier alpha value is -1.07. The molecule has 1 amide bonds. The number of carbonyl (C=O) groups is 1. The number of nitrogens with two attached hydrogens (primary N) is 1. The van der Waals surface area contributed by atoms with Crippen molar-refractivity contribution in [1.29, 1.82) is 0 Å². The Labute approximate surface area is 134 Å². The molecule has 0 saturated heterocycles. The van der Waals surface area contributed by atoms with Crippen molar-refractivity contribution in [2.45, 2.75) is 60.0 Å². The molecule has 0 aromatic carbocycles. The molecular formula is C15H29ClN4O. The van der Waals surface area contributed by atoms with Crippen LogP contribution in [-0.4, -0.2) is 28.3 Å². The number of halogens is 1. The zero-order valence-electron chi connectivity index (χ0n) is 13.8. The van der Waals surface area contributed by atoms with Crippen LogP contribution in [0, 0.1) is 19.8 Å². The first-order valence-corrected chi connectivity index (χ1v) is 7.37. The molecule has 0 fully saturated rings. The fourth-order valence-corrected chi connectivity index (χ4v) is 2.26. The molecule has 5 nitrogen and oxygen atoms in total. The first kappa shape index (κ1) is 19.9. The number of hydrogen-bond donors (Lipinski definition) is 2. The van der Waals surface area contributed by atoms with E-state index in [9.17, 15) is 4.79 Å². The van der Waals surface area contributed by atoms with Crippen molar-refractivity contribution in [2.24, 2.45) is 11.7 Å². The fraction of sp³-hybridized carbons (Fsp3) is 0.733. The lowest BCUT2D eigenvalue weighted by Gasteiger charge is -2.11. The van der Waals surface area contributed by atoms with Gasteiger partial charge in [-0.1, -0.05) is 13.8 Å². The number of aryl methyl sites for hydroxylation is 1. The van der Waals surface area contributed by atoms with Crippen molar-refractivity contribution in [3.63, 3.8) is 0 Å². The average molecular weight is 317 g/mol. The van der Waals surface area contributed by atoms with E-state index in [0.29, 0.717) is 18.9 Å². The summed E-state index contributed by atoms with van der Waals surface area (Å²) in [6.07, 6.45) is 1.22. The lowest BCUT2D eigenvalue weighted by molar-refractivity contribution is -0.121. The average Bonchev–Trinajstić information content (AvgIpc) is 2.61. The van der Waals surface area contributed by atoms with Crippen LogP contribution in [0.5, 0.6) is 0 Å². The van der Waals surface area contributed by atoms with E-state index in [1.54, 1.807) is 0 Å². The quantitative estimate of drug-likeness (QED) is 0.808. The van der Waals surface area contributed by atoms with Crippen molar-refractivity contribution >= 4 is 18.3 Å². The number of nitrogens with zero attached hydrogens (tertiary/aromatic N) is 2. The molecule has 0 aliphatic heterocycles. The van der Waals surface area contributed by atoms with Crippen LogP contribution in [0.25, 0.3) is 0 Å². The molecule has 0 bridgehead atoms. The molecule has 1 heterocycles. The van der Waals surface area contributed by atoms with E-state index in [1.807, 2.05) is 13.8 Å². The van der Waals surface area contributed by atoms with Gasteiger partial charge in [0.05, 0.1) is 5.69 Å². The molecule has 1 aromatic rings. The van der Waals surface area contributed by atoms with Crippen LogP contribution < -0.4 is 11.1 Å². The van der Waals surface area contributed by atoms with Crippen molar-refractivity contribution in [2.75, 3.05) is 6.54 Å². The van der Waals surface area contributed by atoms with Crippen molar-refractivity contribution in [3.05, 3.63) is 17.0 Å². The summed E-state index contributed by atoms with van der Waals surface area (Å²) in [7, 11) is 0. The summed E-state index contributed by atoms with van der Waals surface area (Å²) in [6.45, 7) is 11.8. The Morgan fingerprint density at radius 3 is 2.48 bits per heavy atom. The molecule has 0 unspecified atom stereocenters. The summed E-state index contributed by atoms with van der Waals surface area (Å²) in [5.74, 6) is 0.618. The highest BCUT2D eigenvalue weighted by Crippen LogP contribution is 2.16. The summed E-state index contributed by atoms with van der Waals surface area (Å²) in [6, 6.07) is 0.0355. The Balaban J connectivity index is 0.00000400. The van der Waals surface area contributed by atoms with Crippen LogP contribution in [0.15, 0.2) is 0 Å². The van der Waals surface area contributed by atoms with Crippen LogP contribution in [0.2, 0.25) is 0 Å². The topological polar surface area (TPSA) is 72.9 Å². The van der Waals surface area contributed by atoms with Crippen LogP contribution >= 0.6 is 12.4 Å². The van der Waals surface area contributed by atoms with E-state index >= 15 is 0 Å². The van der Waals surface area contributed by atoms with Crippen molar-refractivity contribution in [1.82, 2.24) is 15.1 Å². The van der Waals surface area contributed by atoms with Crippen molar-refractivity contribution < 1.29 is 4.79 Å². The number of carbonyl (C=O) groups excluding carboxylic acids is 1. The SMILES string of the molecule is Cc1nn(CC(C)C)c(C)c1CCC(=O)N[C@@H](C)CN.Cl. The standard InChI is InChI=1S/C15H28N4O.ClH/c1-10(2)9-19-13(5)14(12(4)18-19)6-7-15(20)17-11(3)8-16;/h10-11H,6-9,16H2,1-5H3,(H,17,20);1H/t11-;/m0./s1. The summed E-state index contributed by atoms with van der Waals surface area (Å²) in [5, 5.41) is 7.46. The van der Waals surface area contributed by atoms with Gasteiger partial charge in [-0.25, -0.2) is 0 Å². The predicted octanol–water partition coefficient (Wildman–Crippen LogP) is 1.97. The Kier molecular flexibility index (Phi) is 8.59. The van der Waals surface area contributed by atoms with Gasteiger partial charge in [0.15, 0.2) is 0 Å². The van der Waals surface area contributed by atoms with Gasteiger partial charge < -0.3 is 11.1 Å². The van der Waals surface area contributed by atoms with Gasteiger partial charge in [0, 0.05) is 31.2 Å². The van der Waals surface area contributed by atoms with Crippen LogP contribution in [0.1, 0.15) is 44.1 Å². The van der Waals surface area contributed by atoms with Crippen LogP contribution in [-0.2, 0) is 17.8 Å². The number of rotatable bonds is 7. The number of nitrogens with one attached hydrogen (secondary N) is 1. The lowest BCUT2D eigenvalue weighted by Crippen LogP contribution is -2.37. The van der Waals surface area contributed by atoms with Gasteiger partial charge in [-0.05, 0) is 38.7 Å². The molecule has 1 aromatic heterocycles. The van der Waals surface area contributed by atoms with E-state index in [0.717, 1.165) is 18.7 Å². The molecule has 1 atom stereocenters. The lowest BCUT2D eigenvalue weighted by atomic mass is 10.1. The van der Waals surface area contributed by atoms with E-state index < -0.39 is 0 Å². The highest BCUT2D eigenvalue weighted by Gasteiger charge is 2.14. The maximum Gasteiger partial charge on any atom is 0.220 e. The van der Waals surface area contributed by atoms with Gasteiger partial charge in [0.25, 0.3) is 0 Å². The maximum atomic E-state index is 11.8. The summed E-state index contributed by atoms with van der Waals surface area (Å²) < 4.78 is 2.05. The molecule has 122 valence electrons. The van der Waals surface area contributed by atoms with Gasteiger partial charge in [0.2, 0.25) is 5.91 Å². The monoisotopic (exact) mass is 316 g/mol. The minimum Gasteiger partial charge on any atom is -0.352 e. The predicted molar refractivity (Wildman–Crippen MR) is 88.8 cm³/mol. The second-order valence-electron chi connectivity index (χ2n) is 5.93. The maximum absolute atomic E-state index is 11.8. The molecule has 0 spiro atoms. The van der Waals surface area contributed by atoms with Crippen LogP contribution in [0.3, 0.4) is 0 Å². The van der Waals surface area contributed by atoms with Gasteiger partial charge >= 0.3 is 0 Å². The highest BCUT2D eigenvalue weighted by atomic mass is 35.5. The third kappa shape index (κ3) is 6.06. The van der Waals surface area contributed by atoms with E-state index in [1.165, 1.54) is 11.3 Å². The Morgan fingerprint density at radius 1 is 1.33 bits per heavy atom. The third-order valence-corrected chi connectivity index (χ3v) is 3.43. The summed E-state index contributed by atoms with van der Waals surface area (Å²) in [4.78, 5) is 11.8. The summed E-state index contributed by atoms with van der Waals surface area (Å²) >= 11 is 0. The first-order chi connectivity index (χ1) is 9.35. The molecule has 0 aliphatic carbocycles.